The monoisotopic (exact) mass is 378 g/mol. The van der Waals surface area contributed by atoms with Crippen LogP contribution in [0.25, 0.3) is 0 Å². The number of anilines is 1. The Morgan fingerprint density at radius 3 is 2.37 bits per heavy atom. The fourth-order valence-corrected chi connectivity index (χ4v) is 2.56. The molecule has 1 heterocycles. The Balaban J connectivity index is 2.43. The fraction of sp³-hybridized carbons (Fsp3) is 0.421. The minimum absolute atomic E-state index is 0.159. The quantitative estimate of drug-likeness (QED) is 0.886. The number of benzene rings is 1. The van der Waals surface area contributed by atoms with Gasteiger partial charge in [0.25, 0.3) is 11.8 Å². The van der Waals surface area contributed by atoms with E-state index in [1.54, 1.807) is 41.8 Å². The highest BCUT2D eigenvalue weighted by atomic mass is 19.1. The lowest BCUT2D eigenvalue weighted by Crippen LogP contribution is -2.23. The molecule has 2 aromatic rings. The van der Waals surface area contributed by atoms with Crippen molar-refractivity contribution in [3.05, 3.63) is 46.8 Å². The van der Waals surface area contributed by atoms with Crippen molar-refractivity contribution >= 4 is 17.5 Å². The summed E-state index contributed by atoms with van der Waals surface area (Å²) in [6.07, 6.45) is 0. The van der Waals surface area contributed by atoms with Crippen LogP contribution in [0, 0.1) is 11.6 Å². The standard InChI is InChI=1S/C19H24F2N4O2/c1-7-25-15(14(21)16(23-25)19(2,3)4)17(26)22-13-10-11(8-9-12(13)20)18(27)24(5)6/h8-10H,7H2,1-6H3,(H,22,26). The molecule has 0 bridgehead atoms. The van der Waals surface area contributed by atoms with E-state index < -0.39 is 23.0 Å². The molecule has 0 saturated heterocycles. The topological polar surface area (TPSA) is 67.2 Å². The Hall–Kier alpha value is -2.77. The number of nitrogens with one attached hydrogen (secondary N) is 1. The van der Waals surface area contributed by atoms with Crippen LogP contribution >= 0.6 is 0 Å². The summed E-state index contributed by atoms with van der Waals surface area (Å²) in [7, 11) is 3.13. The second-order valence-electron chi connectivity index (χ2n) is 7.43. The first-order valence-electron chi connectivity index (χ1n) is 8.56. The average Bonchev–Trinajstić information content (AvgIpc) is 2.92. The number of halogens is 2. The zero-order valence-electron chi connectivity index (χ0n) is 16.4. The number of rotatable bonds is 4. The van der Waals surface area contributed by atoms with Gasteiger partial charge in [0.05, 0.1) is 5.69 Å². The second-order valence-corrected chi connectivity index (χ2v) is 7.43. The first kappa shape index (κ1) is 20.5. The van der Waals surface area contributed by atoms with Gasteiger partial charge in [0, 0.05) is 31.6 Å². The molecule has 8 heteroatoms. The summed E-state index contributed by atoms with van der Waals surface area (Å²) >= 11 is 0. The van der Waals surface area contributed by atoms with E-state index in [1.165, 1.54) is 21.7 Å². The maximum Gasteiger partial charge on any atom is 0.277 e. The summed E-state index contributed by atoms with van der Waals surface area (Å²) in [5, 5.41) is 6.54. The molecule has 1 aromatic carbocycles. The minimum Gasteiger partial charge on any atom is -0.345 e. The van der Waals surface area contributed by atoms with Crippen LogP contribution in [0.4, 0.5) is 14.5 Å². The van der Waals surface area contributed by atoms with Crippen molar-refractivity contribution in [3.63, 3.8) is 0 Å². The van der Waals surface area contributed by atoms with Gasteiger partial charge in [-0.1, -0.05) is 20.8 Å². The normalized spacial score (nSPS) is 11.4. The molecule has 6 nitrogen and oxygen atoms in total. The molecule has 0 atom stereocenters. The number of hydrogen-bond donors (Lipinski definition) is 1. The van der Waals surface area contributed by atoms with E-state index in [0.717, 1.165) is 6.07 Å². The lowest BCUT2D eigenvalue weighted by atomic mass is 9.92. The van der Waals surface area contributed by atoms with Gasteiger partial charge in [-0.25, -0.2) is 8.78 Å². The van der Waals surface area contributed by atoms with Crippen LogP contribution in [0.5, 0.6) is 0 Å². The van der Waals surface area contributed by atoms with Crippen LogP contribution in [0.3, 0.4) is 0 Å². The number of carbonyl (C=O) groups excluding carboxylic acids is 2. The molecular formula is C19H24F2N4O2. The lowest BCUT2D eigenvalue weighted by Gasteiger charge is -2.14. The van der Waals surface area contributed by atoms with E-state index >= 15 is 0 Å². The van der Waals surface area contributed by atoms with Gasteiger partial charge in [-0.05, 0) is 25.1 Å². The summed E-state index contributed by atoms with van der Waals surface area (Å²) in [6, 6.07) is 3.63. The Labute approximate surface area is 157 Å². The van der Waals surface area contributed by atoms with E-state index in [0.29, 0.717) is 0 Å². The molecule has 2 rings (SSSR count). The largest absolute Gasteiger partial charge is 0.345 e. The third kappa shape index (κ3) is 4.15. The highest BCUT2D eigenvalue weighted by Crippen LogP contribution is 2.27. The maximum atomic E-state index is 14.8. The summed E-state index contributed by atoms with van der Waals surface area (Å²) in [4.78, 5) is 26.0. The molecule has 0 aliphatic rings. The molecule has 0 aliphatic carbocycles. The minimum atomic E-state index is -0.828. The van der Waals surface area contributed by atoms with Crippen LogP contribution in [0.1, 0.15) is 54.2 Å². The first-order valence-corrected chi connectivity index (χ1v) is 8.56. The van der Waals surface area contributed by atoms with Gasteiger partial charge < -0.3 is 10.2 Å². The Bertz CT molecular complexity index is 883. The van der Waals surface area contributed by atoms with Crippen molar-refractivity contribution in [1.82, 2.24) is 14.7 Å². The molecule has 0 unspecified atom stereocenters. The molecule has 0 spiro atoms. The molecule has 1 aromatic heterocycles. The number of aromatic nitrogens is 2. The smallest absolute Gasteiger partial charge is 0.277 e. The predicted octanol–water partition coefficient (Wildman–Crippen LogP) is 3.43. The first-order chi connectivity index (χ1) is 12.5. The Morgan fingerprint density at radius 2 is 1.85 bits per heavy atom. The molecule has 27 heavy (non-hydrogen) atoms. The van der Waals surface area contributed by atoms with Crippen LogP contribution in [-0.2, 0) is 12.0 Å². The van der Waals surface area contributed by atoms with Crippen molar-refractivity contribution in [2.45, 2.75) is 39.7 Å². The molecule has 0 radical (unpaired) electrons. The lowest BCUT2D eigenvalue weighted by molar-refractivity contribution is 0.0827. The Kier molecular flexibility index (Phi) is 5.67. The van der Waals surface area contributed by atoms with Gasteiger partial charge in [-0.2, -0.15) is 5.10 Å². The molecule has 2 amide bonds. The van der Waals surface area contributed by atoms with Gasteiger partial charge in [-0.3, -0.25) is 14.3 Å². The van der Waals surface area contributed by atoms with E-state index in [2.05, 4.69) is 10.4 Å². The van der Waals surface area contributed by atoms with Gasteiger partial charge in [0.1, 0.15) is 11.5 Å². The number of carbonyl (C=O) groups is 2. The number of aryl methyl sites for hydroxylation is 1. The molecule has 0 aliphatic heterocycles. The van der Waals surface area contributed by atoms with Crippen LogP contribution in [-0.4, -0.2) is 40.6 Å². The molecule has 1 N–H and O–H groups in total. The van der Waals surface area contributed by atoms with Gasteiger partial charge in [-0.15, -0.1) is 0 Å². The van der Waals surface area contributed by atoms with Crippen molar-refractivity contribution in [1.29, 1.82) is 0 Å². The maximum absolute atomic E-state index is 14.8. The number of nitrogens with zero attached hydrogens (tertiary/aromatic N) is 3. The van der Waals surface area contributed by atoms with E-state index in [4.69, 9.17) is 0 Å². The third-order valence-corrected chi connectivity index (χ3v) is 3.99. The molecule has 146 valence electrons. The molecular weight excluding hydrogens is 354 g/mol. The zero-order valence-corrected chi connectivity index (χ0v) is 16.4. The molecule has 0 fully saturated rings. The third-order valence-electron chi connectivity index (χ3n) is 3.99. The van der Waals surface area contributed by atoms with Crippen molar-refractivity contribution in [2.75, 3.05) is 19.4 Å². The van der Waals surface area contributed by atoms with E-state index in [1.807, 2.05) is 0 Å². The predicted molar refractivity (Wildman–Crippen MR) is 98.9 cm³/mol. The van der Waals surface area contributed by atoms with E-state index in [9.17, 15) is 18.4 Å². The van der Waals surface area contributed by atoms with Gasteiger partial charge in [0.2, 0.25) is 0 Å². The van der Waals surface area contributed by atoms with Crippen LogP contribution < -0.4 is 5.32 Å². The van der Waals surface area contributed by atoms with Crippen molar-refractivity contribution < 1.29 is 18.4 Å². The van der Waals surface area contributed by atoms with Crippen LogP contribution in [0.2, 0.25) is 0 Å². The zero-order chi connectivity index (χ0) is 20.5. The highest BCUT2D eigenvalue weighted by molar-refractivity contribution is 6.04. The van der Waals surface area contributed by atoms with Crippen molar-refractivity contribution in [2.24, 2.45) is 0 Å². The summed E-state index contributed by atoms with van der Waals surface area (Å²) in [5.41, 5.74) is -0.703. The summed E-state index contributed by atoms with van der Waals surface area (Å²) in [6.45, 7) is 7.37. The number of hydrogen-bond acceptors (Lipinski definition) is 3. The SMILES string of the molecule is CCn1nc(C(C)(C)C)c(F)c1C(=O)Nc1cc(C(=O)N(C)C)ccc1F. The van der Waals surface area contributed by atoms with Gasteiger partial charge >= 0.3 is 0 Å². The van der Waals surface area contributed by atoms with Gasteiger partial charge in [0.15, 0.2) is 11.5 Å². The second kappa shape index (κ2) is 7.46. The highest BCUT2D eigenvalue weighted by Gasteiger charge is 2.30. The van der Waals surface area contributed by atoms with Crippen LogP contribution in [0.15, 0.2) is 18.2 Å². The summed E-state index contributed by atoms with van der Waals surface area (Å²) in [5.74, 6) is -2.63. The van der Waals surface area contributed by atoms with Crippen molar-refractivity contribution in [3.8, 4) is 0 Å². The Morgan fingerprint density at radius 1 is 1.22 bits per heavy atom. The molecule has 0 saturated carbocycles. The van der Waals surface area contributed by atoms with E-state index in [-0.39, 0.29) is 35.1 Å². The average molecular weight is 378 g/mol. The summed E-state index contributed by atoms with van der Waals surface area (Å²) < 4.78 is 30.2. The fourth-order valence-electron chi connectivity index (χ4n) is 2.56. The number of amides is 2.